The van der Waals surface area contributed by atoms with Gasteiger partial charge in [-0.05, 0) is 19.4 Å². The molecule has 2 aromatic rings. The molecule has 124 valence electrons. The van der Waals surface area contributed by atoms with Crippen molar-refractivity contribution in [1.29, 1.82) is 0 Å². The standard InChI is InChI=1S/C15H22N6O2/c1-11-7-16-21(8-11)10-13-9-20(4-5-23-13)15(22)17-14-6-12(2)18-19(14)3/h6-8,13H,4-5,9-10H2,1-3H3,(H,17,22). The Hall–Kier alpha value is -2.35. The van der Waals surface area contributed by atoms with E-state index in [4.69, 9.17) is 4.74 Å². The summed E-state index contributed by atoms with van der Waals surface area (Å²) < 4.78 is 9.27. The zero-order chi connectivity index (χ0) is 16.4. The molecule has 1 atom stereocenters. The molecule has 0 saturated carbocycles. The molecule has 0 aliphatic carbocycles. The van der Waals surface area contributed by atoms with E-state index in [0.29, 0.717) is 32.1 Å². The Bertz CT molecular complexity index is 692. The van der Waals surface area contributed by atoms with Gasteiger partial charge in [-0.1, -0.05) is 0 Å². The van der Waals surface area contributed by atoms with E-state index in [-0.39, 0.29) is 12.1 Å². The normalized spacial score (nSPS) is 18.2. The molecule has 3 heterocycles. The summed E-state index contributed by atoms with van der Waals surface area (Å²) in [5, 5.41) is 11.4. The van der Waals surface area contributed by atoms with Crippen LogP contribution in [0.25, 0.3) is 0 Å². The van der Waals surface area contributed by atoms with Crippen molar-refractivity contribution in [3.05, 3.63) is 29.7 Å². The van der Waals surface area contributed by atoms with Crippen LogP contribution in [0.5, 0.6) is 0 Å². The Morgan fingerprint density at radius 2 is 2.30 bits per heavy atom. The van der Waals surface area contributed by atoms with Crippen molar-refractivity contribution in [2.45, 2.75) is 26.5 Å². The number of urea groups is 1. The van der Waals surface area contributed by atoms with Crippen molar-refractivity contribution in [3.63, 3.8) is 0 Å². The van der Waals surface area contributed by atoms with Crippen LogP contribution < -0.4 is 5.32 Å². The van der Waals surface area contributed by atoms with E-state index >= 15 is 0 Å². The van der Waals surface area contributed by atoms with Gasteiger partial charge >= 0.3 is 6.03 Å². The number of aryl methyl sites for hydroxylation is 3. The number of ether oxygens (including phenoxy) is 1. The summed E-state index contributed by atoms with van der Waals surface area (Å²) in [6.07, 6.45) is 3.74. The summed E-state index contributed by atoms with van der Waals surface area (Å²) in [6.45, 7) is 6.19. The highest BCUT2D eigenvalue weighted by molar-refractivity contribution is 5.88. The summed E-state index contributed by atoms with van der Waals surface area (Å²) in [4.78, 5) is 14.2. The highest BCUT2D eigenvalue weighted by Crippen LogP contribution is 2.12. The first-order valence-electron chi connectivity index (χ1n) is 7.68. The van der Waals surface area contributed by atoms with Gasteiger partial charge in [0, 0.05) is 25.9 Å². The quantitative estimate of drug-likeness (QED) is 0.921. The fraction of sp³-hybridized carbons (Fsp3) is 0.533. The average molecular weight is 318 g/mol. The average Bonchev–Trinajstić information content (AvgIpc) is 3.05. The first-order valence-corrected chi connectivity index (χ1v) is 7.68. The van der Waals surface area contributed by atoms with E-state index in [1.807, 2.05) is 44.0 Å². The molecule has 1 saturated heterocycles. The third-order valence-electron chi connectivity index (χ3n) is 3.82. The molecule has 1 unspecified atom stereocenters. The van der Waals surface area contributed by atoms with Gasteiger partial charge in [-0.2, -0.15) is 10.2 Å². The first-order chi connectivity index (χ1) is 11.0. The fourth-order valence-electron chi connectivity index (χ4n) is 2.71. The number of morpholine rings is 1. The fourth-order valence-corrected chi connectivity index (χ4v) is 2.71. The van der Waals surface area contributed by atoms with Gasteiger partial charge in [0.1, 0.15) is 5.82 Å². The van der Waals surface area contributed by atoms with Crippen LogP contribution in [0.4, 0.5) is 10.6 Å². The van der Waals surface area contributed by atoms with Gasteiger partial charge < -0.3 is 9.64 Å². The maximum absolute atomic E-state index is 12.4. The van der Waals surface area contributed by atoms with Gasteiger partial charge in [0.2, 0.25) is 0 Å². The third-order valence-corrected chi connectivity index (χ3v) is 3.82. The number of nitrogens with one attached hydrogen (secondary N) is 1. The largest absolute Gasteiger partial charge is 0.373 e. The molecule has 3 rings (SSSR count). The number of rotatable bonds is 3. The number of aromatic nitrogens is 4. The molecule has 2 aromatic heterocycles. The summed E-state index contributed by atoms with van der Waals surface area (Å²) in [5.74, 6) is 0.693. The van der Waals surface area contributed by atoms with Crippen molar-refractivity contribution in [2.24, 2.45) is 7.05 Å². The second kappa shape index (κ2) is 6.41. The Kier molecular flexibility index (Phi) is 4.33. The van der Waals surface area contributed by atoms with E-state index in [1.54, 1.807) is 9.58 Å². The number of anilines is 1. The molecule has 1 aliphatic heterocycles. The van der Waals surface area contributed by atoms with E-state index in [0.717, 1.165) is 11.3 Å². The molecule has 0 radical (unpaired) electrons. The maximum Gasteiger partial charge on any atom is 0.323 e. The van der Waals surface area contributed by atoms with Crippen molar-refractivity contribution in [3.8, 4) is 0 Å². The van der Waals surface area contributed by atoms with Gasteiger partial charge in [0.15, 0.2) is 0 Å². The second-order valence-corrected chi connectivity index (χ2v) is 5.90. The van der Waals surface area contributed by atoms with E-state index in [9.17, 15) is 4.79 Å². The lowest BCUT2D eigenvalue weighted by molar-refractivity contribution is -0.0220. The zero-order valence-electron chi connectivity index (χ0n) is 13.7. The molecule has 8 heteroatoms. The minimum absolute atomic E-state index is 0.0536. The Balaban J connectivity index is 1.59. The van der Waals surface area contributed by atoms with Crippen molar-refractivity contribution in [2.75, 3.05) is 25.0 Å². The van der Waals surface area contributed by atoms with Gasteiger partial charge in [0.25, 0.3) is 0 Å². The van der Waals surface area contributed by atoms with Crippen molar-refractivity contribution >= 4 is 11.8 Å². The Morgan fingerprint density at radius 3 is 2.96 bits per heavy atom. The second-order valence-electron chi connectivity index (χ2n) is 5.90. The van der Waals surface area contributed by atoms with E-state index in [2.05, 4.69) is 15.5 Å². The van der Waals surface area contributed by atoms with Crippen LogP contribution in [-0.2, 0) is 18.3 Å². The number of carbonyl (C=O) groups is 1. The number of hydrogen-bond acceptors (Lipinski definition) is 4. The van der Waals surface area contributed by atoms with Crippen LogP contribution >= 0.6 is 0 Å². The summed E-state index contributed by atoms with van der Waals surface area (Å²) in [5.41, 5.74) is 1.98. The molecule has 0 spiro atoms. The van der Waals surface area contributed by atoms with Crippen LogP contribution in [0.15, 0.2) is 18.5 Å². The molecular weight excluding hydrogens is 296 g/mol. The first kappa shape index (κ1) is 15.5. The smallest absolute Gasteiger partial charge is 0.323 e. The lowest BCUT2D eigenvalue weighted by Crippen LogP contribution is -2.48. The lowest BCUT2D eigenvalue weighted by atomic mass is 10.3. The molecule has 1 aliphatic rings. The monoisotopic (exact) mass is 318 g/mol. The summed E-state index contributed by atoms with van der Waals surface area (Å²) >= 11 is 0. The molecule has 0 aromatic carbocycles. The van der Waals surface area contributed by atoms with Gasteiger partial charge in [-0.15, -0.1) is 0 Å². The predicted molar refractivity (Wildman–Crippen MR) is 85.2 cm³/mol. The molecule has 1 fully saturated rings. The SMILES string of the molecule is Cc1cnn(CC2CN(C(=O)Nc3cc(C)nn3C)CCO2)c1. The van der Waals surface area contributed by atoms with Crippen LogP contribution in [0.2, 0.25) is 0 Å². The molecule has 23 heavy (non-hydrogen) atoms. The minimum atomic E-state index is -0.127. The number of nitrogens with zero attached hydrogens (tertiary/aromatic N) is 5. The van der Waals surface area contributed by atoms with E-state index in [1.165, 1.54) is 0 Å². The molecule has 0 bridgehead atoms. The van der Waals surface area contributed by atoms with Gasteiger partial charge in [-0.25, -0.2) is 4.79 Å². The molecule has 1 N–H and O–H groups in total. The molecule has 8 nitrogen and oxygen atoms in total. The Morgan fingerprint density at radius 1 is 1.48 bits per heavy atom. The predicted octanol–water partition coefficient (Wildman–Crippen LogP) is 1.17. The highest BCUT2D eigenvalue weighted by Gasteiger charge is 2.25. The maximum atomic E-state index is 12.4. The van der Waals surface area contributed by atoms with Crippen LogP contribution in [0.1, 0.15) is 11.3 Å². The topological polar surface area (TPSA) is 77.2 Å². The van der Waals surface area contributed by atoms with Crippen molar-refractivity contribution < 1.29 is 9.53 Å². The zero-order valence-corrected chi connectivity index (χ0v) is 13.7. The lowest BCUT2D eigenvalue weighted by Gasteiger charge is -2.32. The highest BCUT2D eigenvalue weighted by atomic mass is 16.5. The Labute approximate surface area is 135 Å². The number of carbonyl (C=O) groups excluding carboxylic acids is 1. The molecule has 2 amide bonds. The van der Waals surface area contributed by atoms with Crippen LogP contribution in [0, 0.1) is 13.8 Å². The van der Waals surface area contributed by atoms with Gasteiger partial charge in [0.05, 0.1) is 37.7 Å². The minimum Gasteiger partial charge on any atom is -0.373 e. The summed E-state index contributed by atoms with van der Waals surface area (Å²) in [7, 11) is 1.81. The van der Waals surface area contributed by atoms with Crippen molar-refractivity contribution in [1.82, 2.24) is 24.5 Å². The van der Waals surface area contributed by atoms with Crippen LogP contribution in [-0.4, -0.2) is 56.3 Å². The molecular formula is C15H22N6O2. The third kappa shape index (κ3) is 3.70. The number of amides is 2. The summed E-state index contributed by atoms with van der Waals surface area (Å²) in [6, 6.07) is 1.72. The van der Waals surface area contributed by atoms with E-state index < -0.39 is 0 Å². The van der Waals surface area contributed by atoms with Crippen LogP contribution in [0.3, 0.4) is 0 Å². The van der Waals surface area contributed by atoms with Gasteiger partial charge in [-0.3, -0.25) is 14.7 Å². The number of hydrogen-bond donors (Lipinski definition) is 1.